The molecule has 2 heterocycles. The van der Waals surface area contributed by atoms with Gasteiger partial charge in [0.1, 0.15) is 0 Å². The Morgan fingerprint density at radius 3 is 2.32 bits per heavy atom. The van der Waals surface area contributed by atoms with Crippen LogP contribution in [0.5, 0.6) is 0 Å². The van der Waals surface area contributed by atoms with E-state index >= 15 is 0 Å². The molecule has 2 fully saturated rings. The van der Waals surface area contributed by atoms with Gasteiger partial charge in [0.05, 0.1) is 5.52 Å². The lowest BCUT2D eigenvalue weighted by Crippen LogP contribution is -2.34. The number of amides is 2. The van der Waals surface area contributed by atoms with E-state index in [1.54, 1.807) is 10.6 Å². The molecule has 2 N–H and O–H groups in total. The Morgan fingerprint density at radius 2 is 1.60 bits per heavy atom. The lowest BCUT2D eigenvalue weighted by atomic mass is 10.1. The van der Waals surface area contributed by atoms with Gasteiger partial charge in [0.15, 0.2) is 5.69 Å². The summed E-state index contributed by atoms with van der Waals surface area (Å²) in [7, 11) is 0. The largest absolute Gasteiger partial charge is 0.348 e. The molecule has 6 nitrogen and oxygen atoms in total. The van der Waals surface area contributed by atoms with E-state index in [0.29, 0.717) is 11.2 Å². The van der Waals surface area contributed by atoms with E-state index in [1.807, 2.05) is 18.2 Å². The van der Waals surface area contributed by atoms with Crippen LogP contribution in [0.3, 0.4) is 0 Å². The highest BCUT2D eigenvalue weighted by atomic mass is 16.2. The lowest BCUT2D eigenvalue weighted by Gasteiger charge is -2.15. The van der Waals surface area contributed by atoms with Crippen LogP contribution < -0.4 is 10.6 Å². The fourth-order valence-corrected chi connectivity index (χ4v) is 3.52. The molecule has 0 saturated heterocycles. The van der Waals surface area contributed by atoms with Gasteiger partial charge in [-0.2, -0.15) is 0 Å². The average molecular weight is 340 g/mol. The van der Waals surface area contributed by atoms with Gasteiger partial charge in [-0.25, -0.2) is 4.98 Å². The first-order valence-electron chi connectivity index (χ1n) is 9.31. The van der Waals surface area contributed by atoms with Gasteiger partial charge in [-0.1, -0.05) is 31.7 Å². The molecule has 132 valence electrons. The summed E-state index contributed by atoms with van der Waals surface area (Å²) in [4.78, 5) is 29.6. The normalized spacial score (nSPS) is 18.7. The molecule has 4 rings (SSSR count). The molecule has 0 bridgehead atoms. The van der Waals surface area contributed by atoms with Gasteiger partial charge in [-0.3, -0.25) is 14.0 Å². The molecule has 0 aliphatic heterocycles. The molecule has 0 unspecified atom stereocenters. The van der Waals surface area contributed by atoms with Crippen molar-refractivity contribution < 1.29 is 9.59 Å². The standard InChI is InChI=1S/C19H24N4O2/c24-18(20-13-7-3-1-2-4-8-13)16-15-9-5-6-12-23(15)17(22-16)19(25)21-14-10-11-14/h5-6,9,12-14H,1-4,7-8,10-11H2,(H,20,24)(H,21,25). The first kappa shape index (κ1) is 16.1. The maximum atomic E-state index is 12.8. The Balaban J connectivity index is 1.59. The maximum absolute atomic E-state index is 12.8. The zero-order chi connectivity index (χ0) is 17.2. The number of aromatic nitrogens is 2. The highest BCUT2D eigenvalue weighted by molar-refractivity contribution is 6.02. The molecule has 2 aromatic heterocycles. The molecular weight excluding hydrogens is 316 g/mol. The van der Waals surface area contributed by atoms with Crippen LogP contribution in [-0.2, 0) is 0 Å². The van der Waals surface area contributed by atoms with Crippen molar-refractivity contribution in [1.29, 1.82) is 0 Å². The van der Waals surface area contributed by atoms with Gasteiger partial charge >= 0.3 is 0 Å². The van der Waals surface area contributed by atoms with E-state index in [-0.39, 0.29) is 29.7 Å². The van der Waals surface area contributed by atoms with E-state index in [2.05, 4.69) is 15.6 Å². The Bertz CT molecular complexity index is 786. The number of carbonyl (C=O) groups excluding carboxylic acids is 2. The Hall–Kier alpha value is -2.37. The first-order valence-corrected chi connectivity index (χ1v) is 9.31. The minimum atomic E-state index is -0.211. The molecular formula is C19H24N4O2. The molecule has 2 amide bonds. The van der Waals surface area contributed by atoms with Crippen molar-refractivity contribution in [2.45, 2.75) is 63.5 Å². The van der Waals surface area contributed by atoms with Gasteiger partial charge in [0, 0.05) is 18.3 Å². The lowest BCUT2D eigenvalue weighted by molar-refractivity contribution is 0.0930. The van der Waals surface area contributed by atoms with Crippen LogP contribution in [0.15, 0.2) is 24.4 Å². The third-order valence-corrected chi connectivity index (χ3v) is 5.07. The summed E-state index contributed by atoms with van der Waals surface area (Å²) in [5.74, 6) is -0.105. The van der Waals surface area contributed by atoms with E-state index in [0.717, 1.165) is 38.5 Å². The highest BCUT2D eigenvalue weighted by Crippen LogP contribution is 2.21. The fourth-order valence-electron chi connectivity index (χ4n) is 3.52. The fraction of sp³-hybridized carbons (Fsp3) is 0.526. The summed E-state index contributed by atoms with van der Waals surface area (Å²) in [6.07, 6.45) is 10.7. The average Bonchev–Trinajstić information content (AvgIpc) is 3.38. The predicted molar refractivity (Wildman–Crippen MR) is 94.6 cm³/mol. The van der Waals surface area contributed by atoms with Crippen LogP contribution in [-0.4, -0.2) is 33.3 Å². The molecule has 0 radical (unpaired) electrons. The Kier molecular flexibility index (Phi) is 4.42. The second-order valence-electron chi connectivity index (χ2n) is 7.15. The smallest absolute Gasteiger partial charge is 0.287 e. The van der Waals surface area contributed by atoms with Crippen molar-refractivity contribution in [2.24, 2.45) is 0 Å². The minimum Gasteiger partial charge on any atom is -0.348 e. The Labute approximate surface area is 147 Å². The zero-order valence-electron chi connectivity index (χ0n) is 14.3. The number of pyridine rings is 1. The van der Waals surface area contributed by atoms with E-state index < -0.39 is 0 Å². The summed E-state index contributed by atoms with van der Waals surface area (Å²) in [6.45, 7) is 0. The first-order chi connectivity index (χ1) is 12.2. The number of hydrogen-bond acceptors (Lipinski definition) is 3. The number of nitrogens with one attached hydrogen (secondary N) is 2. The number of imidazole rings is 1. The molecule has 2 aliphatic carbocycles. The van der Waals surface area contributed by atoms with Gasteiger partial charge in [-0.05, 0) is 37.8 Å². The Morgan fingerprint density at radius 1 is 0.920 bits per heavy atom. The second kappa shape index (κ2) is 6.86. The molecule has 25 heavy (non-hydrogen) atoms. The van der Waals surface area contributed by atoms with Crippen LogP contribution >= 0.6 is 0 Å². The molecule has 0 spiro atoms. The molecule has 2 aromatic rings. The van der Waals surface area contributed by atoms with Crippen LogP contribution in [0.25, 0.3) is 5.52 Å². The molecule has 2 aliphatic rings. The predicted octanol–water partition coefficient (Wildman–Crippen LogP) is 2.68. The third-order valence-electron chi connectivity index (χ3n) is 5.07. The molecule has 2 saturated carbocycles. The van der Waals surface area contributed by atoms with E-state index in [9.17, 15) is 9.59 Å². The van der Waals surface area contributed by atoms with Crippen molar-refractivity contribution in [2.75, 3.05) is 0 Å². The van der Waals surface area contributed by atoms with Crippen molar-refractivity contribution in [3.05, 3.63) is 35.9 Å². The number of fused-ring (bicyclic) bond motifs is 1. The molecule has 0 aromatic carbocycles. The summed E-state index contributed by atoms with van der Waals surface area (Å²) in [5, 5.41) is 6.08. The monoisotopic (exact) mass is 340 g/mol. The maximum Gasteiger partial charge on any atom is 0.287 e. The summed E-state index contributed by atoms with van der Waals surface area (Å²) >= 11 is 0. The number of nitrogens with zero attached hydrogens (tertiary/aromatic N) is 2. The van der Waals surface area contributed by atoms with Gasteiger partial charge in [0.25, 0.3) is 11.8 Å². The van der Waals surface area contributed by atoms with Gasteiger partial charge in [0.2, 0.25) is 5.82 Å². The van der Waals surface area contributed by atoms with E-state index in [4.69, 9.17) is 0 Å². The van der Waals surface area contributed by atoms with Crippen molar-refractivity contribution >= 4 is 17.3 Å². The van der Waals surface area contributed by atoms with Crippen molar-refractivity contribution in [1.82, 2.24) is 20.0 Å². The molecule has 6 heteroatoms. The summed E-state index contributed by atoms with van der Waals surface area (Å²) in [6, 6.07) is 6.01. The summed E-state index contributed by atoms with van der Waals surface area (Å²) < 4.78 is 1.71. The van der Waals surface area contributed by atoms with Gasteiger partial charge < -0.3 is 10.6 Å². The van der Waals surface area contributed by atoms with Crippen LogP contribution in [0.4, 0.5) is 0 Å². The topological polar surface area (TPSA) is 75.5 Å². The van der Waals surface area contributed by atoms with Crippen molar-refractivity contribution in [3.63, 3.8) is 0 Å². The zero-order valence-corrected chi connectivity index (χ0v) is 14.3. The van der Waals surface area contributed by atoms with Crippen molar-refractivity contribution in [3.8, 4) is 0 Å². The van der Waals surface area contributed by atoms with Crippen LogP contribution in [0.1, 0.15) is 72.5 Å². The SMILES string of the molecule is O=C(NC1CCCCCC1)c1nc(C(=O)NC2CC2)n2ccccc12. The number of rotatable bonds is 4. The quantitative estimate of drug-likeness (QED) is 0.840. The van der Waals surface area contributed by atoms with Crippen LogP contribution in [0, 0.1) is 0 Å². The second-order valence-corrected chi connectivity index (χ2v) is 7.15. The van der Waals surface area contributed by atoms with Gasteiger partial charge in [-0.15, -0.1) is 0 Å². The number of hydrogen-bond donors (Lipinski definition) is 2. The van der Waals surface area contributed by atoms with Crippen LogP contribution in [0.2, 0.25) is 0 Å². The number of carbonyl (C=O) groups is 2. The minimum absolute atomic E-state index is 0.180. The van der Waals surface area contributed by atoms with E-state index in [1.165, 1.54) is 12.8 Å². The highest BCUT2D eigenvalue weighted by Gasteiger charge is 2.28. The molecule has 0 atom stereocenters. The summed E-state index contributed by atoms with van der Waals surface area (Å²) in [5.41, 5.74) is 1.01. The third kappa shape index (κ3) is 3.52.